The highest BCUT2D eigenvalue weighted by molar-refractivity contribution is 5.94. The van der Waals surface area contributed by atoms with E-state index in [2.05, 4.69) is 10.6 Å². The zero-order valence-corrected chi connectivity index (χ0v) is 17.2. The lowest BCUT2D eigenvalue weighted by atomic mass is 9.99. The van der Waals surface area contributed by atoms with Crippen molar-refractivity contribution in [1.29, 1.82) is 0 Å². The third-order valence-corrected chi connectivity index (χ3v) is 4.57. The first-order chi connectivity index (χ1) is 15.0. The molecule has 0 aliphatic heterocycles. The van der Waals surface area contributed by atoms with Crippen LogP contribution in [0.25, 0.3) is 0 Å². The summed E-state index contributed by atoms with van der Waals surface area (Å²) in [6.07, 6.45) is 0.614. The number of amides is 2. The maximum absolute atomic E-state index is 12.5. The Morgan fingerprint density at radius 1 is 0.871 bits per heavy atom. The van der Waals surface area contributed by atoms with Crippen molar-refractivity contribution in [3.05, 3.63) is 102 Å². The molecule has 0 unspecified atom stereocenters. The molecule has 2 amide bonds. The highest BCUT2D eigenvalue weighted by Crippen LogP contribution is 2.18. The van der Waals surface area contributed by atoms with Gasteiger partial charge < -0.3 is 15.4 Å². The average Bonchev–Trinajstić information content (AvgIpc) is 2.78. The van der Waals surface area contributed by atoms with Gasteiger partial charge in [-0.15, -0.1) is 0 Å². The van der Waals surface area contributed by atoms with Crippen LogP contribution in [0.4, 0.5) is 5.69 Å². The van der Waals surface area contributed by atoms with Crippen LogP contribution in [0, 0.1) is 0 Å². The molecule has 0 heterocycles. The molecule has 158 valence electrons. The molecule has 3 rings (SSSR count). The third kappa shape index (κ3) is 6.82. The summed E-state index contributed by atoms with van der Waals surface area (Å²) in [5.41, 5.74) is 2.79. The van der Waals surface area contributed by atoms with Gasteiger partial charge in [-0.05, 0) is 35.7 Å². The van der Waals surface area contributed by atoms with Crippen LogP contribution in [0.15, 0.2) is 84.9 Å². The van der Waals surface area contributed by atoms with E-state index >= 15 is 0 Å². The number of benzene rings is 3. The van der Waals surface area contributed by atoms with Gasteiger partial charge in [0.05, 0.1) is 11.6 Å². The van der Waals surface area contributed by atoms with Crippen LogP contribution in [0.5, 0.6) is 0 Å². The minimum Gasteiger partial charge on any atom is -0.452 e. The largest absolute Gasteiger partial charge is 0.452 e. The number of esters is 1. The molecule has 0 saturated carbocycles. The van der Waals surface area contributed by atoms with Gasteiger partial charge in [-0.3, -0.25) is 9.59 Å². The Hall–Kier alpha value is -3.93. The van der Waals surface area contributed by atoms with Gasteiger partial charge in [0.15, 0.2) is 6.61 Å². The quantitative estimate of drug-likeness (QED) is 0.546. The fraction of sp³-hybridized carbons (Fsp3) is 0.160. The molecule has 1 atom stereocenters. The molecule has 3 aromatic rings. The van der Waals surface area contributed by atoms with Gasteiger partial charge in [-0.1, -0.05) is 66.7 Å². The van der Waals surface area contributed by atoms with E-state index in [1.165, 1.54) is 13.0 Å². The predicted molar refractivity (Wildman–Crippen MR) is 118 cm³/mol. The monoisotopic (exact) mass is 416 g/mol. The second kappa shape index (κ2) is 10.7. The van der Waals surface area contributed by atoms with Gasteiger partial charge in [-0.25, -0.2) is 4.79 Å². The SMILES string of the molecule is CC(=O)Nc1cccc(C(=O)OCC(=O)N[C@@H](Cc2ccccc2)c2ccccc2)c1. The summed E-state index contributed by atoms with van der Waals surface area (Å²) >= 11 is 0. The summed E-state index contributed by atoms with van der Waals surface area (Å²) in [7, 11) is 0. The van der Waals surface area contributed by atoms with Crippen LogP contribution in [0.3, 0.4) is 0 Å². The Morgan fingerprint density at radius 2 is 1.55 bits per heavy atom. The van der Waals surface area contributed by atoms with Gasteiger partial charge in [0.25, 0.3) is 5.91 Å². The first-order valence-corrected chi connectivity index (χ1v) is 9.94. The summed E-state index contributed by atoms with van der Waals surface area (Å²) in [5, 5.41) is 5.56. The van der Waals surface area contributed by atoms with Gasteiger partial charge >= 0.3 is 5.97 Å². The number of ether oxygens (including phenoxy) is 1. The first kappa shape index (κ1) is 21.8. The second-order valence-electron chi connectivity index (χ2n) is 7.06. The van der Waals surface area contributed by atoms with Crippen molar-refractivity contribution in [2.75, 3.05) is 11.9 Å². The minimum absolute atomic E-state index is 0.240. The minimum atomic E-state index is -0.637. The molecule has 6 heteroatoms. The summed E-state index contributed by atoms with van der Waals surface area (Å²) in [6, 6.07) is 25.6. The smallest absolute Gasteiger partial charge is 0.338 e. The zero-order valence-electron chi connectivity index (χ0n) is 17.2. The molecule has 0 spiro atoms. The number of carbonyl (C=O) groups is 3. The molecular weight excluding hydrogens is 392 g/mol. The average molecular weight is 416 g/mol. The van der Waals surface area contributed by atoms with Crippen molar-refractivity contribution in [2.45, 2.75) is 19.4 Å². The summed E-state index contributed by atoms with van der Waals surface area (Å²) in [4.78, 5) is 36.0. The molecule has 31 heavy (non-hydrogen) atoms. The number of nitrogens with one attached hydrogen (secondary N) is 2. The van der Waals surface area contributed by atoms with Gasteiger partial charge in [0, 0.05) is 12.6 Å². The molecule has 0 aliphatic rings. The highest BCUT2D eigenvalue weighted by Gasteiger charge is 2.17. The lowest BCUT2D eigenvalue weighted by Crippen LogP contribution is -2.33. The van der Waals surface area contributed by atoms with Gasteiger partial charge in [0.1, 0.15) is 0 Å². The number of hydrogen-bond donors (Lipinski definition) is 2. The molecule has 6 nitrogen and oxygen atoms in total. The van der Waals surface area contributed by atoms with Crippen LogP contribution in [-0.2, 0) is 20.7 Å². The van der Waals surface area contributed by atoms with E-state index in [9.17, 15) is 14.4 Å². The molecule has 2 N–H and O–H groups in total. The van der Waals surface area contributed by atoms with E-state index in [-0.39, 0.29) is 17.5 Å². The normalized spacial score (nSPS) is 11.3. The Bertz CT molecular complexity index is 1040. The highest BCUT2D eigenvalue weighted by atomic mass is 16.5. The van der Waals surface area contributed by atoms with E-state index in [1.807, 2.05) is 60.7 Å². The topological polar surface area (TPSA) is 84.5 Å². The number of carbonyl (C=O) groups excluding carboxylic acids is 3. The van der Waals surface area contributed by atoms with Crippen molar-refractivity contribution >= 4 is 23.5 Å². The Balaban J connectivity index is 1.62. The van der Waals surface area contributed by atoms with E-state index in [0.717, 1.165) is 11.1 Å². The summed E-state index contributed by atoms with van der Waals surface area (Å²) < 4.78 is 5.17. The molecule has 0 aliphatic carbocycles. The fourth-order valence-corrected chi connectivity index (χ4v) is 3.16. The lowest BCUT2D eigenvalue weighted by molar-refractivity contribution is -0.125. The molecule has 0 saturated heterocycles. The maximum Gasteiger partial charge on any atom is 0.338 e. The first-order valence-electron chi connectivity index (χ1n) is 9.94. The van der Waals surface area contributed by atoms with Crippen LogP contribution in [-0.4, -0.2) is 24.4 Å². The molecule has 0 bridgehead atoms. The van der Waals surface area contributed by atoms with Crippen LogP contribution >= 0.6 is 0 Å². The number of anilines is 1. The fourth-order valence-electron chi connectivity index (χ4n) is 3.16. The second-order valence-corrected chi connectivity index (χ2v) is 7.06. The lowest BCUT2D eigenvalue weighted by Gasteiger charge is -2.19. The van der Waals surface area contributed by atoms with E-state index in [0.29, 0.717) is 12.1 Å². The van der Waals surface area contributed by atoms with Crippen LogP contribution < -0.4 is 10.6 Å². The van der Waals surface area contributed by atoms with Crippen molar-refractivity contribution in [3.8, 4) is 0 Å². The standard InChI is InChI=1S/C25H24N2O4/c1-18(28)26-22-14-8-13-21(16-22)25(30)31-17-24(29)27-23(20-11-6-3-7-12-20)15-19-9-4-2-5-10-19/h2-14,16,23H,15,17H2,1H3,(H,26,28)(H,27,29)/t23-/m0/s1. The van der Waals surface area contributed by atoms with Crippen molar-refractivity contribution < 1.29 is 19.1 Å². The van der Waals surface area contributed by atoms with E-state index in [4.69, 9.17) is 4.74 Å². The maximum atomic E-state index is 12.5. The van der Waals surface area contributed by atoms with Crippen molar-refractivity contribution in [3.63, 3.8) is 0 Å². The predicted octanol–water partition coefficient (Wildman–Crippen LogP) is 3.90. The van der Waals surface area contributed by atoms with Crippen molar-refractivity contribution in [2.24, 2.45) is 0 Å². The van der Waals surface area contributed by atoms with Gasteiger partial charge in [0.2, 0.25) is 5.91 Å². The third-order valence-electron chi connectivity index (χ3n) is 4.57. The summed E-state index contributed by atoms with van der Waals surface area (Å²) in [6.45, 7) is 0.981. The number of hydrogen-bond acceptors (Lipinski definition) is 4. The molecular formula is C25H24N2O4. The molecule has 3 aromatic carbocycles. The molecule has 0 fully saturated rings. The van der Waals surface area contributed by atoms with Crippen molar-refractivity contribution in [1.82, 2.24) is 5.32 Å². The van der Waals surface area contributed by atoms with E-state index in [1.54, 1.807) is 18.2 Å². The zero-order chi connectivity index (χ0) is 22.1. The van der Waals surface area contributed by atoms with Gasteiger partial charge in [-0.2, -0.15) is 0 Å². The molecule has 0 radical (unpaired) electrons. The van der Waals surface area contributed by atoms with Crippen LogP contribution in [0.1, 0.15) is 34.5 Å². The van der Waals surface area contributed by atoms with Crippen LogP contribution in [0.2, 0.25) is 0 Å². The Morgan fingerprint density at radius 3 is 2.23 bits per heavy atom. The van der Waals surface area contributed by atoms with E-state index < -0.39 is 18.5 Å². The summed E-state index contributed by atoms with van der Waals surface area (Å²) in [5.74, 6) is -1.27. The molecule has 0 aromatic heterocycles. The Kier molecular flexibility index (Phi) is 7.54. The number of rotatable bonds is 8. The Labute approximate surface area is 181 Å².